The molecule has 7 nitrogen and oxygen atoms in total. The van der Waals surface area contributed by atoms with Crippen molar-refractivity contribution in [1.29, 1.82) is 0 Å². The van der Waals surface area contributed by atoms with Gasteiger partial charge in [-0.1, -0.05) is 0 Å². The number of ether oxygens (including phenoxy) is 2. The average molecular weight is 332 g/mol. The quantitative estimate of drug-likeness (QED) is 0.562. The first-order valence-electron chi connectivity index (χ1n) is 8.49. The van der Waals surface area contributed by atoms with Gasteiger partial charge in [0.25, 0.3) is 0 Å². The van der Waals surface area contributed by atoms with E-state index in [0.717, 1.165) is 36.4 Å². The molecule has 1 heterocycles. The summed E-state index contributed by atoms with van der Waals surface area (Å²) in [4.78, 5) is 16.1. The van der Waals surface area contributed by atoms with Gasteiger partial charge in [0.05, 0.1) is 13.2 Å². The molecule has 1 aromatic rings. The molecule has 1 amide bonds. The second kappa shape index (κ2) is 7.90. The first-order valence-corrected chi connectivity index (χ1v) is 8.49. The number of hydrogen-bond donors (Lipinski definition) is 3. The highest BCUT2D eigenvalue weighted by molar-refractivity contribution is 5.95. The van der Waals surface area contributed by atoms with Crippen LogP contribution >= 0.6 is 0 Å². The highest BCUT2D eigenvalue weighted by Crippen LogP contribution is 2.32. The van der Waals surface area contributed by atoms with E-state index < -0.39 is 0 Å². The van der Waals surface area contributed by atoms with E-state index in [4.69, 9.17) is 9.47 Å². The number of anilines is 1. The molecule has 0 saturated heterocycles. The van der Waals surface area contributed by atoms with Crippen molar-refractivity contribution >= 4 is 17.6 Å². The molecule has 24 heavy (non-hydrogen) atoms. The summed E-state index contributed by atoms with van der Waals surface area (Å²) >= 11 is 0. The maximum atomic E-state index is 11.8. The Morgan fingerprint density at radius 2 is 2.04 bits per heavy atom. The van der Waals surface area contributed by atoms with Crippen LogP contribution < -0.4 is 25.4 Å². The van der Waals surface area contributed by atoms with Gasteiger partial charge in [0.2, 0.25) is 5.91 Å². The van der Waals surface area contributed by atoms with E-state index in [1.165, 1.54) is 0 Å². The first kappa shape index (κ1) is 16.4. The number of nitrogens with zero attached hydrogens (tertiary/aromatic N) is 1. The lowest BCUT2D eigenvalue weighted by Gasteiger charge is -2.13. The maximum absolute atomic E-state index is 11.8. The average Bonchev–Trinajstić information content (AvgIpc) is 3.39. The zero-order chi connectivity index (χ0) is 16.8. The van der Waals surface area contributed by atoms with E-state index in [1.54, 1.807) is 0 Å². The van der Waals surface area contributed by atoms with Crippen molar-refractivity contribution in [2.24, 2.45) is 4.99 Å². The van der Waals surface area contributed by atoms with E-state index in [9.17, 15) is 4.79 Å². The van der Waals surface area contributed by atoms with E-state index in [0.29, 0.717) is 31.8 Å². The fourth-order valence-corrected chi connectivity index (χ4v) is 2.34. The van der Waals surface area contributed by atoms with E-state index in [2.05, 4.69) is 20.9 Å². The third kappa shape index (κ3) is 4.78. The molecule has 0 spiro atoms. The van der Waals surface area contributed by atoms with Gasteiger partial charge in [0, 0.05) is 30.8 Å². The Hall–Kier alpha value is -2.44. The van der Waals surface area contributed by atoms with E-state index in [-0.39, 0.29) is 12.5 Å². The lowest BCUT2D eigenvalue weighted by molar-refractivity contribution is -0.119. The number of amides is 1. The van der Waals surface area contributed by atoms with Gasteiger partial charge < -0.3 is 25.4 Å². The third-order valence-corrected chi connectivity index (χ3v) is 3.68. The maximum Gasteiger partial charge on any atom is 0.242 e. The van der Waals surface area contributed by atoms with Crippen LogP contribution in [0.5, 0.6) is 11.5 Å². The van der Waals surface area contributed by atoms with Crippen LogP contribution in [0.1, 0.15) is 26.2 Å². The number of aliphatic imine (C=N–C) groups is 1. The normalized spacial score (nSPS) is 17.0. The highest BCUT2D eigenvalue weighted by Gasteiger charge is 2.22. The Kier molecular flexibility index (Phi) is 5.40. The number of rotatable bonds is 5. The van der Waals surface area contributed by atoms with Crippen LogP contribution in [0.25, 0.3) is 0 Å². The summed E-state index contributed by atoms with van der Waals surface area (Å²) in [5.41, 5.74) is 0.835. The molecule has 0 radical (unpaired) electrons. The number of carbonyl (C=O) groups is 1. The standard InChI is InChI=1S/C17H24N4O3/c1-2-18-17(19-11-16(22)20-12-4-5-12)21-13-6-7-14-15(10-13)24-9-3-8-23-14/h6-7,10,12H,2-5,8-9,11H2,1H3,(H,20,22)(H2,18,19,21). The summed E-state index contributed by atoms with van der Waals surface area (Å²) in [6, 6.07) is 6.03. The fourth-order valence-electron chi connectivity index (χ4n) is 2.34. The van der Waals surface area contributed by atoms with E-state index in [1.807, 2.05) is 25.1 Å². The van der Waals surface area contributed by atoms with Crippen molar-refractivity contribution in [3.8, 4) is 11.5 Å². The van der Waals surface area contributed by atoms with Crippen LogP contribution in [0, 0.1) is 0 Å². The zero-order valence-electron chi connectivity index (χ0n) is 13.9. The molecule has 0 unspecified atom stereocenters. The van der Waals surface area contributed by atoms with Crippen molar-refractivity contribution in [2.75, 3.05) is 31.6 Å². The Balaban J connectivity index is 1.63. The zero-order valence-corrected chi connectivity index (χ0v) is 13.9. The predicted molar refractivity (Wildman–Crippen MR) is 92.8 cm³/mol. The van der Waals surface area contributed by atoms with Crippen LogP contribution in [0.15, 0.2) is 23.2 Å². The van der Waals surface area contributed by atoms with Crippen LogP contribution in [0.2, 0.25) is 0 Å². The summed E-state index contributed by atoms with van der Waals surface area (Å²) in [6.45, 7) is 4.11. The Morgan fingerprint density at radius 1 is 1.25 bits per heavy atom. The third-order valence-electron chi connectivity index (χ3n) is 3.68. The summed E-state index contributed by atoms with van der Waals surface area (Å²) in [7, 11) is 0. The Labute approximate surface area is 141 Å². The van der Waals surface area contributed by atoms with Gasteiger partial charge in [-0.2, -0.15) is 0 Å². The molecule has 1 aliphatic heterocycles. The molecule has 0 atom stereocenters. The molecule has 7 heteroatoms. The molecule has 2 aliphatic rings. The highest BCUT2D eigenvalue weighted by atomic mass is 16.5. The number of guanidine groups is 1. The SMILES string of the molecule is CCNC(=NCC(=O)NC1CC1)Nc1ccc2c(c1)OCCCO2. The monoisotopic (exact) mass is 332 g/mol. The van der Waals surface area contributed by atoms with Crippen LogP contribution in [0.4, 0.5) is 5.69 Å². The van der Waals surface area contributed by atoms with Crippen molar-refractivity contribution < 1.29 is 14.3 Å². The molecule has 0 aromatic heterocycles. The second-order valence-corrected chi connectivity index (χ2v) is 5.87. The van der Waals surface area contributed by atoms with Crippen LogP contribution in [-0.4, -0.2) is 44.2 Å². The molecule has 0 bridgehead atoms. The predicted octanol–water partition coefficient (Wildman–Crippen LogP) is 1.50. The van der Waals surface area contributed by atoms with Crippen molar-refractivity contribution in [3.63, 3.8) is 0 Å². The minimum absolute atomic E-state index is 0.0478. The van der Waals surface area contributed by atoms with Gasteiger partial charge in [-0.25, -0.2) is 4.99 Å². The van der Waals surface area contributed by atoms with Crippen LogP contribution in [-0.2, 0) is 4.79 Å². The summed E-state index contributed by atoms with van der Waals surface area (Å²) in [5.74, 6) is 2.00. The first-order chi connectivity index (χ1) is 11.7. The minimum Gasteiger partial charge on any atom is -0.490 e. The molecular weight excluding hydrogens is 308 g/mol. The summed E-state index contributed by atoms with van der Waals surface area (Å²) in [6.07, 6.45) is 3.02. The van der Waals surface area contributed by atoms with Crippen molar-refractivity contribution in [2.45, 2.75) is 32.2 Å². The van der Waals surface area contributed by atoms with Gasteiger partial charge in [-0.05, 0) is 31.9 Å². The lowest BCUT2D eigenvalue weighted by atomic mass is 10.3. The number of hydrogen-bond acceptors (Lipinski definition) is 4. The molecule has 1 aromatic carbocycles. The van der Waals surface area contributed by atoms with Gasteiger partial charge >= 0.3 is 0 Å². The van der Waals surface area contributed by atoms with Gasteiger partial charge in [-0.3, -0.25) is 4.79 Å². The summed E-state index contributed by atoms with van der Waals surface area (Å²) < 4.78 is 11.3. The van der Waals surface area contributed by atoms with Gasteiger partial charge in [0.15, 0.2) is 17.5 Å². The second-order valence-electron chi connectivity index (χ2n) is 5.87. The van der Waals surface area contributed by atoms with Crippen LogP contribution in [0.3, 0.4) is 0 Å². The number of carbonyl (C=O) groups excluding carboxylic acids is 1. The Morgan fingerprint density at radius 3 is 2.79 bits per heavy atom. The largest absolute Gasteiger partial charge is 0.490 e. The minimum atomic E-state index is -0.0478. The number of fused-ring (bicyclic) bond motifs is 1. The van der Waals surface area contributed by atoms with Crippen molar-refractivity contribution in [1.82, 2.24) is 10.6 Å². The topological polar surface area (TPSA) is 84.0 Å². The number of benzene rings is 1. The molecule has 1 aliphatic carbocycles. The molecule has 3 rings (SSSR count). The van der Waals surface area contributed by atoms with Crippen molar-refractivity contribution in [3.05, 3.63) is 18.2 Å². The fraction of sp³-hybridized carbons (Fsp3) is 0.529. The van der Waals surface area contributed by atoms with Gasteiger partial charge in [0.1, 0.15) is 6.54 Å². The molecule has 1 fully saturated rings. The molecule has 3 N–H and O–H groups in total. The molecule has 130 valence electrons. The number of nitrogens with one attached hydrogen (secondary N) is 3. The smallest absolute Gasteiger partial charge is 0.242 e. The molecular formula is C17H24N4O3. The van der Waals surface area contributed by atoms with Gasteiger partial charge in [-0.15, -0.1) is 0 Å². The van der Waals surface area contributed by atoms with E-state index >= 15 is 0 Å². The Bertz CT molecular complexity index is 614. The molecule has 1 saturated carbocycles. The summed E-state index contributed by atoms with van der Waals surface area (Å²) in [5, 5.41) is 9.26. The lowest BCUT2D eigenvalue weighted by Crippen LogP contribution is -2.33.